The SMILES string of the molecule is O.O=[N+]([O-])c1cccc(C(F)(F)F)c1. The van der Waals surface area contributed by atoms with Gasteiger partial charge in [-0.25, -0.2) is 0 Å². The number of benzene rings is 1. The summed E-state index contributed by atoms with van der Waals surface area (Å²) in [6, 6.07) is 3.29. The van der Waals surface area contributed by atoms with Crippen LogP contribution in [0.1, 0.15) is 5.56 Å². The minimum atomic E-state index is -4.54. The molecule has 0 unspecified atom stereocenters. The van der Waals surface area contributed by atoms with Crippen molar-refractivity contribution < 1.29 is 23.6 Å². The molecule has 0 atom stereocenters. The Labute approximate surface area is 76.4 Å². The Morgan fingerprint density at radius 2 is 1.86 bits per heavy atom. The van der Waals surface area contributed by atoms with Crippen LogP contribution in [0.5, 0.6) is 0 Å². The Morgan fingerprint density at radius 1 is 1.29 bits per heavy atom. The van der Waals surface area contributed by atoms with Crippen molar-refractivity contribution >= 4 is 5.69 Å². The first-order chi connectivity index (χ1) is 5.91. The van der Waals surface area contributed by atoms with Crippen LogP contribution in [0.3, 0.4) is 0 Å². The zero-order valence-electron chi connectivity index (χ0n) is 6.71. The summed E-state index contributed by atoms with van der Waals surface area (Å²) in [7, 11) is 0. The highest BCUT2D eigenvalue weighted by atomic mass is 19.4. The quantitative estimate of drug-likeness (QED) is 0.522. The maximum atomic E-state index is 12.0. The summed E-state index contributed by atoms with van der Waals surface area (Å²) in [6.07, 6.45) is -4.54. The second-order valence-corrected chi connectivity index (χ2v) is 2.31. The van der Waals surface area contributed by atoms with E-state index in [1.807, 2.05) is 0 Å². The van der Waals surface area contributed by atoms with Crippen molar-refractivity contribution in [3.8, 4) is 0 Å². The van der Waals surface area contributed by atoms with E-state index >= 15 is 0 Å². The second kappa shape index (κ2) is 4.05. The highest BCUT2D eigenvalue weighted by molar-refractivity contribution is 5.35. The van der Waals surface area contributed by atoms with E-state index in [9.17, 15) is 23.3 Å². The summed E-state index contributed by atoms with van der Waals surface area (Å²) >= 11 is 0. The number of hydrogen-bond acceptors (Lipinski definition) is 2. The van der Waals surface area contributed by atoms with Gasteiger partial charge in [0.05, 0.1) is 10.5 Å². The molecule has 0 saturated heterocycles. The van der Waals surface area contributed by atoms with Crippen LogP contribution < -0.4 is 0 Å². The van der Waals surface area contributed by atoms with Crippen molar-refractivity contribution in [2.45, 2.75) is 6.18 Å². The lowest BCUT2D eigenvalue weighted by Crippen LogP contribution is -2.04. The molecule has 0 aromatic heterocycles. The number of halogens is 3. The zero-order valence-corrected chi connectivity index (χ0v) is 6.71. The fraction of sp³-hybridized carbons (Fsp3) is 0.143. The molecule has 0 bridgehead atoms. The fourth-order valence-corrected chi connectivity index (χ4v) is 0.796. The van der Waals surface area contributed by atoms with Crippen LogP contribution in [-0.4, -0.2) is 10.4 Å². The van der Waals surface area contributed by atoms with Gasteiger partial charge in [-0.1, -0.05) is 6.07 Å². The number of hydrogen-bond donors (Lipinski definition) is 0. The molecule has 0 aliphatic carbocycles. The Morgan fingerprint density at radius 3 is 2.29 bits per heavy atom. The molecule has 2 N–H and O–H groups in total. The maximum Gasteiger partial charge on any atom is 0.416 e. The normalized spacial score (nSPS) is 10.5. The van der Waals surface area contributed by atoms with Gasteiger partial charge in [-0.3, -0.25) is 10.1 Å². The number of nitro groups is 1. The Bertz CT molecular complexity index is 337. The van der Waals surface area contributed by atoms with Gasteiger partial charge in [0.2, 0.25) is 0 Å². The average molecular weight is 209 g/mol. The van der Waals surface area contributed by atoms with Gasteiger partial charge < -0.3 is 5.48 Å². The number of nitro benzene ring substituents is 1. The Hall–Kier alpha value is -1.63. The van der Waals surface area contributed by atoms with E-state index in [2.05, 4.69) is 0 Å². The summed E-state index contributed by atoms with van der Waals surface area (Å²) in [5, 5.41) is 10.1. The van der Waals surface area contributed by atoms with Crippen LogP contribution in [0.15, 0.2) is 24.3 Å². The molecule has 0 heterocycles. The standard InChI is InChI=1S/C7H4F3NO2.H2O/c8-7(9,10)5-2-1-3-6(4-5)11(12)13;/h1-4H;1H2. The number of nitrogens with zero attached hydrogens (tertiary/aromatic N) is 1. The van der Waals surface area contributed by atoms with E-state index in [0.717, 1.165) is 18.2 Å². The molecule has 0 radical (unpaired) electrons. The van der Waals surface area contributed by atoms with Gasteiger partial charge in [0.1, 0.15) is 0 Å². The summed E-state index contributed by atoms with van der Waals surface area (Å²) in [4.78, 5) is 9.25. The third-order valence-corrected chi connectivity index (χ3v) is 1.38. The highest BCUT2D eigenvalue weighted by Crippen LogP contribution is 2.30. The molecule has 0 amide bonds. The minimum absolute atomic E-state index is 0. The van der Waals surface area contributed by atoms with E-state index in [0.29, 0.717) is 6.07 Å². The third-order valence-electron chi connectivity index (χ3n) is 1.38. The molecule has 7 heteroatoms. The van der Waals surface area contributed by atoms with E-state index < -0.39 is 22.4 Å². The first-order valence-corrected chi connectivity index (χ1v) is 3.23. The van der Waals surface area contributed by atoms with Crippen molar-refractivity contribution in [2.75, 3.05) is 0 Å². The first kappa shape index (κ1) is 12.4. The Kier molecular flexibility index (Phi) is 3.58. The average Bonchev–Trinajstić information content (AvgIpc) is 2.03. The lowest BCUT2D eigenvalue weighted by molar-refractivity contribution is -0.385. The molecule has 0 saturated carbocycles. The van der Waals surface area contributed by atoms with Crippen molar-refractivity contribution in [3.63, 3.8) is 0 Å². The summed E-state index contributed by atoms with van der Waals surface area (Å²) in [5.41, 5.74) is -1.57. The van der Waals surface area contributed by atoms with Gasteiger partial charge >= 0.3 is 6.18 Å². The zero-order chi connectivity index (χ0) is 10.1. The minimum Gasteiger partial charge on any atom is -0.412 e. The molecular formula is C7H6F3NO3. The highest BCUT2D eigenvalue weighted by Gasteiger charge is 2.31. The van der Waals surface area contributed by atoms with Crippen molar-refractivity contribution in [1.29, 1.82) is 0 Å². The number of rotatable bonds is 1. The van der Waals surface area contributed by atoms with E-state index in [1.54, 1.807) is 0 Å². The molecule has 1 aromatic rings. The van der Waals surface area contributed by atoms with Gasteiger partial charge in [0, 0.05) is 12.1 Å². The van der Waals surface area contributed by atoms with Crippen LogP contribution in [0.2, 0.25) is 0 Å². The summed E-state index contributed by atoms with van der Waals surface area (Å²) in [5.74, 6) is 0. The molecule has 0 spiro atoms. The largest absolute Gasteiger partial charge is 0.416 e. The van der Waals surface area contributed by atoms with Gasteiger partial charge in [-0.2, -0.15) is 13.2 Å². The van der Waals surface area contributed by atoms with Crippen molar-refractivity contribution in [1.82, 2.24) is 0 Å². The number of non-ortho nitro benzene ring substituents is 1. The van der Waals surface area contributed by atoms with Crippen LogP contribution >= 0.6 is 0 Å². The van der Waals surface area contributed by atoms with Crippen molar-refractivity contribution in [3.05, 3.63) is 39.9 Å². The first-order valence-electron chi connectivity index (χ1n) is 3.23. The fourth-order valence-electron chi connectivity index (χ4n) is 0.796. The van der Waals surface area contributed by atoms with Crippen LogP contribution in [-0.2, 0) is 6.18 Å². The molecule has 78 valence electrons. The summed E-state index contributed by atoms with van der Waals surface area (Å²) < 4.78 is 36.0. The number of alkyl halides is 3. The topological polar surface area (TPSA) is 74.6 Å². The van der Waals surface area contributed by atoms with E-state index in [1.165, 1.54) is 0 Å². The molecule has 4 nitrogen and oxygen atoms in total. The molecule has 14 heavy (non-hydrogen) atoms. The predicted molar refractivity (Wildman–Crippen MR) is 41.7 cm³/mol. The third kappa shape index (κ3) is 2.70. The van der Waals surface area contributed by atoms with E-state index in [-0.39, 0.29) is 5.48 Å². The maximum absolute atomic E-state index is 12.0. The van der Waals surface area contributed by atoms with Crippen LogP contribution in [0, 0.1) is 10.1 Å². The summed E-state index contributed by atoms with van der Waals surface area (Å²) in [6.45, 7) is 0. The molecule has 1 rings (SSSR count). The van der Waals surface area contributed by atoms with Gasteiger partial charge in [0.15, 0.2) is 0 Å². The van der Waals surface area contributed by atoms with Crippen molar-refractivity contribution in [2.24, 2.45) is 0 Å². The molecule has 0 aliphatic heterocycles. The van der Waals surface area contributed by atoms with Crippen LogP contribution in [0.4, 0.5) is 18.9 Å². The van der Waals surface area contributed by atoms with Gasteiger partial charge in [0.25, 0.3) is 5.69 Å². The predicted octanol–water partition coefficient (Wildman–Crippen LogP) is 1.79. The van der Waals surface area contributed by atoms with Gasteiger partial charge in [-0.05, 0) is 6.07 Å². The lowest BCUT2D eigenvalue weighted by atomic mass is 10.2. The molecule has 1 aromatic carbocycles. The second-order valence-electron chi connectivity index (χ2n) is 2.31. The van der Waals surface area contributed by atoms with E-state index in [4.69, 9.17) is 0 Å². The monoisotopic (exact) mass is 209 g/mol. The smallest absolute Gasteiger partial charge is 0.412 e. The molecule has 0 aliphatic rings. The molecular weight excluding hydrogens is 203 g/mol. The van der Waals surface area contributed by atoms with Crippen LogP contribution in [0.25, 0.3) is 0 Å². The molecule has 0 fully saturated rings. The lowest BCUT2D eigenvalue weighted by Gasteiger charge is -2.04. The Balaban J connectivity index is 0.00000169. The van der Waals surface area contributed by atoms with Gasteiger partial charge in [-0.15, -0.1) is 0 Å².